The van der Waals surface area contributed by atoms with Gasteiger partial charge in [-0.1, -0.05) is 26.0 Å². The van der Waals surface area contributed by atoms with Crippen molar-refractivity contribution in [3.63, 3.8) is 0 Å². The Kier molecular flexibility index (Phi) is 6.24. The minimum absolute atomic E-state index is 0.192. The van der Waals surface area contributed by atoms with E-state index >= 15 is 0 Å². The number of anilines is 2. The van der Waals surface area contributed by atoms with Crippen molar-refractivity contribution in [3.05, 3.63) is 52.4 Å². The number of likely N-dealkylation sites (N-methyl/N-ethyl adjacent to an activating group) is 1. The topological polar surface area (TPSA) is 70.5 Å². The van der Waals surface area contributed by atoms with Gasteiger partial charge in [-0.2, -0.15) is 5.10 Å². The van der Waals surface area contributed by atoms with Gasteiger partial charge in [-0.25, -0.2) is 4.68 Å². The highest BCUT2D eigenvalue weighted by molar-refractivity contribution is 6.04. The number of rotatable bonds is 6. The lowest BCUT2D eigenvalue weighted by molar-refractivity contribution is 0.102. The molecule has 1 aliphatic rings. The van der Waals surface area contributed by atoms with Crippen LogP contribution >= 0.6 is 0 Å². The molecule has 2 aromatic rings. The Morgan fingerprint density at radius 3 is 2.52 bits per heavy atom. The van der Waals surface area contributed by atoms with Crippen LogP contribution in [0.4, 0.5) is 11.4 Å². The first-order valence-electron chi connectivity index (χ1n) is 9.58. The zero-order valence-electron chi connectivity index (χ0n) is 16.0. The molecule has 1 aromatic heterocycles. The van der Waals surface area contributed by atoms with Crippen LogP contribution in [-0.4, -0.2) is 53.3 Å². The van der Waals surface area contributed by atoms with Crippen LogP contribution in [0.25, 0.3) is 0 Å². The van der Waals surface area contributed by atoms with Gasteiger partial charge in [-0.05, 0) is 31.2 Å². The van der Waals surface area contributed by atoms with Gasteiger partial charge in [0.1, 0.15) is 5.69 Å². The largest absolute Gasteiger partial charge is 0.367 e. The van der Waals surface area contributed by atoms with Crippen LogP contribution < -0.4 is 15.8 Å². The number of para-hydroxylation sites is 2. The molecule has 1 N–H and O–H groups in total. The van der Waals surface area contributed by atoms with E-state index in [1.165, 1.54) is 16.8 Å². The molecular weight excluding hydrogens is 342 g/mol. The van der Waals surface area contributed by atoms with Crippen LogP contribution in [0.2, 0.25) is 0 Å². The fourth-order valence-corrected chi connectivity index (χ4v) is 3.29. The normalized spacial score (nSPS) is 15.0. The summed E-state index contributed by atoms with van der Waals surface area (Å²) in [6.45, 7) is 9.60. The maximum absolute atomic E-state index is 12.7. The van der Waals surface area contributed by atoms with Crippen molar-refractivity contribution in [2.45, 2.75) is 26.8 Å². The number of hydrogen-bond donors (Lipinski definition) is 1. The van der Waals surface area contributed by atoms with Crippen molar-refractivity contribution in [2.24, 2.45) is 0 Å². The molecule has 1 fully saturated rings. The molecule has 0 atom stereocenters. The van der Waals surface area contributed by atoms with Gasteiger partial charge in [-0.3, -0.25) is 9.59 Å². The molecule has 0 bridgehead atoms. The van der Waals surface area contributed by atoms with E-state index < -0.39 is 0 Å². The molecule has 1 amide bonds. The van der Waals surface area contributed by atoms with E-state index in [0.717, 1.165) is 50.5 Å². The molecule has 7 heteroatoms. The van der Waals surface area contributed by atoms with Crippen molar-refractivity contribution in [1.82, 2.24) is 14.7 Å². The number of aromatic nitrogens is 2. The predicted octanol–water partition coefficient (Wildman–Crippen LogP) is 2.05. The highest BCUT2D eigenvalue weighted by Crippen LogP contribution is 2.27. The zero-order valence-corrected chi connectivity index (χ0v) is 16.0. The number of benzene rings is 1. The second kappa shape index (κ2) is 8.81. The molecule has 0 spiro atoms. The van der Waals surface area contributed by atoms with Crippen molar-refractivity contribution in [2.75, 3.05) is 42.9 Å². The third kappa shape index (κ3) is 4.54. The Hall–Kier alpha value is -2.67. The maximum Gasteiger partial charge on any atom is 0.276 e. The molecule has 7 nitrogen and oxygen atoms in total. The van der Waals surface area contributed by atoms with Crippen LogP contribution in [0.1, 0.15) is 30.8 Å². The SMILES string of the molecule is CCCn1nc(C(=O)Nc2ccccc2N2CCN(CC)CC2)ccc1=O. The van der Waals surface area contributed by atoms with Gasteiger partial charge in [0.25, 0.3) is 11.5 Å². The highest BCUT2D eigenvalue weighted by atomic mass is 16.2. The van der Waals surface area contributed by atoms with E-state index in [-0.39, 0.29) is 17.2 Å². The summed E-state index contributed by atoms with van der Waals surface area (Å²) in [6, 6.07) is 10.7. The summed E-state index contributed by atoms with van der Waals surface area (Å²) in [4.78, 5) is 29.2. The highest BCUT2D eigenvalue weighted by Gasteiger charge is 2.19. The maximum atomic E-state index is 12.7. The fraction of sp³-hybridized carbons (Fsp3) is 0.450. The lowest BCUT2D eigenvalue weighted by Gasteiger charge is -2.36. The van der Waals surface area contributed by atoms with E-state index in [1.54, 1.807) is 0 Å². The Labute approximate surface area is 159 Å². The average molecular weight is 369 g/mol. The second-order valence-corrected chi connectivity index (χ2v) is 6.67. The summed E-state index contributed by atoms with van der Waals surface area (Å²) in [7, 11) is 0. The standard InChI is InChI=1S/C20H27N5O2/c1-3-11-25-19(26)10-9-17(22-25)20(27)21-16-7-5-6-8-18(16)24-14-12-23(4-2)13-15-24/h5-10H,3-4,11-15H2,1-2H3,(H,21,27). The Morgan fingerprint density at radius 1 is 1.07 bits per heavy atom. The van der Waals surface area contributed by atoms with Gasteiger partial charge >= 0.3 is 0 Å². The lowest BCUT2D eigenvalue weighted by atomic mass is 10.2. The summed E-state index contributed by atoms with van der Waals surface area (Å²) >= 11 is 0. The number of nitrogens with zero attached hydrogens (tertiary/aromatic N) is 4. The Bertz CT molecular complexity index is 840. The third-order valence-electron chi connectivity index (χ3n) is 4.85. The quantitative estimate of drug-likeness (QED) is 0.844. The van der Waals surface area contributed by atoms with E-state index in [9.17, 15) is 9.59 Å². The lowest BCUT2D eigenvalue weighted by Crippen LogP contribution is -2.46. The molecule has 0 saturated carbocycles. The number of carbonyl (C=O) groups excluding carboxylic acids is 1. The number of piperazine rings is 1. The van der Waals surface area contributed by atoms with Crippen molar-refractivity contribution in [3.8, 4) is 0 Å². The minimum Gasteiger partial charge on any atom is -0.367 e. The van der Waals surface area contributed by atoms with Crippen molar-refractivity contribution >= 4 is 17.3 Å². The van der Waals surface area contributed by atoms with E-state index in [4.69, 9.17) is 0 Å². The third-order valence-corrected chi connectivity index (χ3v) is 4.85. The molecule has 1 saturated heterocycles. The molecule has 0 unspecified atom stereocenters. The average Bonchev–Trinajstić information content (AvgIpc) is 2.70. The van der Waals surface area contributed by atoms with Crippen LogP contribution in [-0.2, 0) is 6.54 Å². The molecule has 3 rings (SSSR count). The summed E-state index contributed by atoms with van der Waals surface area (Å²) < 4.78 is 1.34. The molecule has 0 radical (unpaired) electrons. The van der Waals surface area contributed by atoms with Gasteiger partial charge in [0.15, 0.2) is 0 Å². The molecule has 27 heavy (non-hydrogen) atoms. The first-order chi connectivity index (χ1) is 13.1. The van der Waals surface area contributed by atoms with E-state index in [1.807, 2.05) is 31.2 Å². The summed E-state index contributed by atoms with van der Waals surface area (Å²) in [5.41, 5.74) is 1.84. The van der Waals surface area contributed by atoms with Gasteiger partial charge < -0.3 is 15.1 Å². The first-order valence-corrected chi connectivity index (χ1v) is 9.58. The number of aryl methyl sites for hydroxylation is 1. The Morgan fingerprint density at radius 2 is 1.81 bits per heavy atom. The van der Waals surface area contributed by atoms with Crippen molar-refractivity contribution in [1.29, 1.82) is 0 Å². The molecule has 2 heterocycles. The van der Waals surface area contributed by atoms with Crippen molar-refractivity contribution < 1.29 is 4.79 Å². The molecule has 0 aliphatic carbocycles. The zero-order chi connectivity index (χ0) is 19.2. The van der Waals surface area contributed by atoms with Crippen LogP contribution in [0.15, 0.2) is 41.2 Å². The summed E-state index contributed by atoms with van der Waals surface area (Å²) in [5, 5.41) is 7.16. The second-order valence-electron chi connectivity index (χ2n) is 6.67. The van der Waals surface area contributed by atoms with Gasteiger partial charge in [0, 0.05) is 38.8 Å². The summed E-state index contributed by atoms with van der Waals surface area (Å²) in [6.07, 6.45) is 0.782. The van der Waals surface area contributed by atoms with E-state index in [0.29, 0.717) is 6.54 Å². The number of nitrogens with one attached hydrogen (secondary N) is 1. The van der Waals surface area contributed by atoms with Gasteiger partial charge in [-0.15, -0.1) is 0 Å². The fourth-order valence-electron chi connectivity index (χ4n) is 3.29. The number of amides is 1. The molecule has 1 aromatic carbocycles. The van der Waals surface area contributed by atoms with Gasteiger partial charge in [0.05, 0.1) is 11.4 Å². The monoisotopic (exact) mass is 369 g/mol. The Balaban J connectivity index is 1.77. The molecular formula is C20H27N5O2. The van der Waals surface area contributed by atoms with Crippen LogP contribution in [0.3, 0.4) is 0 Å². The minimum atomic E-state index is -0.306. The van der Waals surface area contributed by atoms with Crippen LogP contribution in [0, 0.1) is 0 Å². The first kappa shape index (κ1) is 19.1. The smallest absolute Gasteiger partial charge is 0.276 e. The van der Waals surface area contributed by atoms with Crippen LogP contribution in [0.5, 0.6) is 0 Å². The molecule has 1 aliphatic heterocycles. The summed E-state index contributed by atoms with van der Waals surface area (Å²) in [5.74, 6) is -0.306. The molecule has 144 valence electrons. The number of carbonyl (C=O) groups is 1. The number of hydrogen-bond acceptors (Lipinski definition) is 5. The van der Waals surface area contributed by atoms with Gasteiger partial charge in [0.2, 0.25) is 0 Å². The van der Waals surface area contributed by atoms with E-state index in [2.05, 4.69) is 27.1 Å². The predicted molar refractivity (Wildman–Crippen MR) is 108 cm³/mol.